The van der Waals surface area contributed by atoms with Crippen LogP contribution in [0.4, 0.5) is 4.39 Å². The van der Waals surface area contributed by atoms with Crippen molar-refractivity contribution in [2.45, 2.75) is 68.7 Å². The molecule has 0 aromatic heterocycles. The van der Waals surface area contributed by atoms with Crippen molar-refractivity contribution in [1.82, 2.24) is 0 Å². The van der Waals surface area contributed by atoms with E-state index in [1.54, 1.807) is 12.1 Å². The average molecular weight is 399 g/mol. The molecule has 0 saturated heterocycles. The Morgan fingerprint density at radius 2 is 1.34 bits per heavy atom. The molecule has 0 aliphatic heterocycles. The lowest BCUT2D eigenvalue weighted by Gasteiger charge is -2.04. The van der Waals surface area contributed by atoms with Crippen molar-refractivity contribution in [3.05, 3.63) is 76.1 Å². The first-order chi connectivity index (χ1) is 14.1. The number of hydrogen-bond acceptors (Lipinski definition) is 1. The van der Waals surface area contributed by atoms with E-state index in [1.165, 1.54) is 27.8 Å². The highest BCUT2D eigenvalue weighted by molar-refractivity contribution is 6.05. The molecule has 0 unspecified atom stereocenters. The normalized spacial score (nSPS) is 12.1. The Hall–Kier alpha value is -2.48. The summed E-state index contributed by atoms with van der Waals surface area (Å²) in [6.45, 7) is 20.4. The number of rotatable bonds is 2. The highest BCUT2D eigenvalue weighted by Crippen LogP contribution is 2.43. The van der Waals surface area contributed by atoms with Crippen LogP contribution in [0.3, 0.4) is 0 Å². The Bertz CT molecular complexity index is 768. The lowest BCUT2D eigenvalue weighted by atomic mass is 10.0. The molecule has 160 valence electrons. The van der Waals surface area contributed by atoms with Crippen molar-refractivity contribution < 1.29 is 9.18 Å². The van der Waals surface area contributed by atoms with Gasteiger partial charge in [-0.1, -0.05) is 84.4 Å². The molecule has 0 atom stereocenters. The summed E-state index contributed by atoms with van der Waals surface area (Å²) in [5.74, 6) is -0.163. The predicted molar refractivity (Wildman–Crippen MR) is 130 cm³/mol. The molecule has 0 N–H and O–H groups in total. The van der Waals surface area contributed by atoms with Gasteiger partial charge in [0.15, 0.2) is 0 Å². The molecule has 0 radical (unpaired) electrons. The van der Waals surface area contributed by atoms with E-state index in [1.807, 2.05) is 54.4 Å². The second kappa shape index (κ2) is 16.5. The smallest absolute Gasteiger partial charge is 0.123 e. The summed E-state index contributed by atoms with van der Waals surface area (Å²) in [5, 5.41) is 0. The molecule has 3 rings (SSSR count). The van der Waals surface area contributed by atoms with Gasteiger partial charge in [0.25, 0.3) is 0 Å². The number of benzene rings is 2. The number of allylic oxidation sites excluding steroid dienone is 3. The van der Waals surface area contributed by atoms with Crippen LogP contribution in [0, 0.1) is 12.7 Å². The van der Waals surface area contributed by atoms with Crippen LogP contribution in [0.1, 0.15) is 84.1 Å². The molecule has 0 saturated carbocycles. The van der Waals surface area contributed by atoms with Crippen LogP contribution >= 0.6 is 0 Å². The van der Waals surface area contributed by atoms with Crippen LogP contribution in [0.2, 0.25) is 0 Å². The van der Waals surface area contributed by atoms with Gasteiger partial charge in [0.2, 0.25) is 0 Å². The Morgan fingerprint density at radius 3 is 1.83 bits per heavy atom. The van der Waals surface area contributed by atoms with Crippen molar-refractivity contribution >= 4 is 24.0 Å². The first-order valence-corrected chi connectivity index (χ1v) is 10.7. The molecule has 0 bridgehead atoms. The van der Waals surface area contributed by atoms with E-state index >= 15 is 0 Å². The van der Waals surface area contributed by atoms with Crippen LogP contribution < -0.4 is 0 Å². The summed E-state index contributed by atoms with van der Waals surface area (Å²) in [6, 6.07) is 13.6. The number of carbonyl (C=O) groups is 1. The first-order valence-electron chi connectivity index (χ1n) is 10.7. The van der Waals surface area contributed by atoms with Gasteiger partial charge in [0, 0.05) is 0 Å². The molecular formula is C27H39FO. The second-order valence-electron chi connectivity index (χ2n) is 5.62. The predicted octanol–water partition coefficient (Wildman–Crippen LogP) is 8.77. The van der Waals surface area contributed by atoms with Gasteiger partial charge in [-0.15, -0.1) is 0 Å². The maximum Gasteiger partial charge on any atom is 0.123 e. The van der Waals surface area contributed by atoms with E-state index < -0.39 is 0 Å². The monoisotopic (exact) mass is 398 g/mol. The molecule has 0 fully saturated rings. The zero-order valence-corrected chi connectivity index (χ0v) is 19.8. The number of hydrogen-bond donors (Lipinski definition) is 0. The zero-order chi connectivity index (χ0) is 23.0. The fourth-order valence-corrected chi connectivity index (χ4v) is 3.04. The zero-order valence-electron chi connectivity index (χ0n) is 19.8. The van der Waals surface area contributed by atoms with Crippen molar-refractivity contribution in [1.29, 1.82) is 0 Å². The summed E-state index contributed by atoms with van der Waals surface area (Å²) >= 11 is 0. The minimum atomic E-state index is -0.163. The van der Waals surface area contributed by atoms with Crippen molar-refractivity contribution in [2.75, 3.05) is 0 Å². The SMILES string of the molecule is C=O.CC.CC.CC.CCC1=C(C)/C(=C\c2ccc(C)cc2)c2ccc(F)cc21. The van der Waals surface area contributed by atoms with Crippen LogP contribution in [0.25, 0.3) is 17.2 Å². The molecule has 29 heavy (non-hydrogen) atoms. The number of carbonyl (C=O) groups excluding carboxylic acids is 1. The third-order valence-electron chi connectivity index (χ3n) is 4.20. The Labute approximate surface area is 178 Å². The molecule has 2 aromatic carbocycles. The minimum Gasteiger partial charge on any atom is -0.307 e. The molecule has 0 heterocycles. The maximum atomic E-state index is 13.6. The van der Waals surface area contributed by atoms with E-state index in [-0.39, 0.29) is 5.82 Å². The number of fused-ring (bicyclic) bond motifs is 1. The van der Waals surface area contributed by atoms with E-state index in [2.05, 4.69) is 51.1 Å². The quantitative estimate of drug-likeness (QED) is 0.494. The largest absolute Gasteiger partial charge is 0.307 e. The third-order valence-corrected chi connectivity index (χ3v) is 4.20. The fraction of sp³-hybridized carbons (Fsp3) is 0.370. The van der Waals surface area contributed by atoms with Crippen molar-refractivity contribution in [2.24, 2.45) is 0 Å². The Balaban J connectivity index is 0. The molecule has 0 amide bonds. The van der Waals surface area contributed by atoms with E-state index in [4.69, 9.17) is 4.79 Å². The Kier molecular flexibility index (Phi) is 16.3. The molecule has 2 heteroatoms. The summed E-state index contributed by atoms with van der Waals surface area (Å²) in [7, 11) is 0. The van der Waals surface area contributed by atoms with Gasteiger partial charge >= 0.3 is 0 Å². The van der Waals surface area contributed by atoms with Gasteiger partial charge in [0.05, 0.1) is 0 Å². The van der Waals surface area contributed by atoms with Crippen LogP contribution in [0.15, 0.2) is 48.0 Å². The molecule has 1 nitrogen and oxygen atoms in total. The first kappa shape index (κ1) is 28.7. The average Bonchev–Trinajstić information content (AvgIpc) is 3.05. The molecule has 0 spiro atoms. The lowest BCUT2D eigenvalue weighted by molar-refractivity contribution is -0.0979. The third kappa shape index (κ3) is 7.81. The maximum absolute atomic E-state index is 13.6. The van der Waals surface area contributed by atoms with E-state index in [9.17, 15) is 4.39 Å². The van der Waals surface area contributed by atoms with Gasteiger partial charge in [-0.05, 0) is 71.9 Å². The van der Waals surface area contributed by atoms with Crippen molar-refractivity contribution in [3.8, 4) is 0 Å². The summed E-state index contributed by atoms with van der Waals surface area (Å²) in [5.41, 5.74) is 8.36. The van der Waals surface area contributed by atoms with Crippen LogP contribution in [-0.4, -0.2) is 6.79 Å². The van der Waals surface area contributed by atoms with Gasteiger partial charge in [0.1, 0.15) is 12.6 Å². The van der Waals surface area contributed by atoms with Crippen molar-refractivity contribution in [3.63, 3.8) is 0 Å². The topological polar surface area (TPSA) is 17.1 Å². The van der Waals surface area contributed by atoms with Crippen LogP contribution in [-0.2, 0) is 4.79 Å². The van der Waals surface area contributed by atoms with Crippen LogP contribution in [0.5, 0.6) is 0 Å². The van der Waals surface area contributed by atoms with Gasteiger partial charge in [-0.25, -0.2) is 4.39 Å². The van der Waals surface area contributed by atoms with Gasteiger partial charge in [-0.2, -0.15) is 0 Å². The summed E-state index contributed by atoms with van der Waals surface area (Å²) < 4.78 is 13.6. The molecule has 1 aliphatic rings. The standard InChI is InChI=1S/C20H19F.3C2H6.CH2O/c1-4-17-14(3)19(11-15-7-5-13(2)6-8-15)18-10-9-16(21)12-20(17)18;4*1-2/h5-12H,4H2,1-3H3;3*1-2H3;1H2/b19-11+;;;;. The minimum absolute atomic E-state index is 0.163. The highest BCUT2D eigenvalue weighted by Gasteiger charge is 2.22. The van der Waals surface area contributed by atoms with Gasteiger partial charge in [-0.3, -0.25) is 0 Å². The lowest BCUT2D eigenvalue weighted by Crippen LogP contribution is -1.86. The fourth-order valence-electron chi connectivity index (χ4n) is 3.04. The molecular weight excluding hydrogens is 359 g/mol. The summed E-state index contributed by atoms with van der Waals surface area (Å²) in [6.07, 6.45) is 3.13. The Morgan fingerprint density at radius 1 is 0.828 bits per heavy atom. The number of aryl methyl sites for hydroxylation is 1. The molecule has 2 aromatic rings. The number of halogens is 1. The highest BCUT2D eigenvalue weighted by atomic mass is 19.1. The van der Waals surface area contributed by atoms with E-state index in [0.717, 1.165) is 17.5 Å². The molecule has 1 aliphatic carbocycles. The second-order valence-corrected chi connectivity index (χ2v) is 5.62. The summed E-state index contributed by atoms with van der Waals surface area (Å²) in [4.78, 5) is 8.00. The van der Waals surface area contributed by atoms with Gasteiger partial charge < -0.3 is 4.79 Å². The van der Waals surface area contributed by atoms with E-state index in [0.29, 0.717) is 0 Å².